The van der Waals surface area contributed by atoms with Crippen LogP contribution in [0.5, 0.6) is 0 Å². The summed E-state index contributed by atoms with van der Waals surface area (Å²) in [4.78, 5) is 14.4. The van der Waals surface area contributed by atoms with E-state index in [9.17, 15) is 4.79 Å². The van der Waals surface area contributed by atoms with Crippen molar-refractivity contribution in [1.82, 2.24) is 10.2 Å². The monoisotopic (exact) mass is 322 g/mol. The molecule has 2 aliphatic heterocycles. The molecule has 1 aromatic rings. The van der Waals surface area contributed by atoms with Crippen LogP contribution in [0.2, 0.25) is 0 Å². The van der Waals surface area contributed by atoms with E-state index in [-0.39, 0.29) is 12.4 Å². The number of carbonyl (C=O) groups excluding carboxylic acids is 1. The van der Waals surface area contributed by atoms with Crippen LogP contribution < -0.4 is 5.32 Å². The molecule has 2 saturated heterocycles. The van der Waals surface area contributed by atoms with Crippen molar-refractivity contribution in [2.24, 2.45) is 5.92 Å². The summed E-state index contributed by atoms with van der Waals surface area (Å²) in [5.74, 6) is 1.11. The van der Waals surface area contributed by atoms with Crippen molar-refractivity contribution in [3.8, 4) is 0 Å². The van der Waals surface area contributed by atoms with Gasteiger partial charge in [-0.05, 0) is 50.1 Å². The summed E-state index contributed by atoms with van der Waals surface area (Å²) in [6.45, 7) is 3.09. The average molecular weight is 323 g/mol. The van der Waals surface area contributed by atoms with Gasteiger partial charge in [0.05, 0.1) is 0 Å². The first-order valence-electron chi connectivity index (χ1n) is 8.38. The molecule has 0 saturated carbocycles. The van der Waals surface area contributed by atoms with Gasteiger partial charge in [0.25, 0.3) is 0 Å². The van der Waals surface area contributed by atoms with E-state index in [0.717, 1.165) is 25.4 Å². The molecule has 0 bridgehead atoms. The molecule has 1 amide bonds. The van der Waals surface area contributed by atoms with Gasteiger partial charge in [0.1, 0.15) is 0 Å². The van der Waals surface area contributed by atoms with Crippen molar-refractivity contribution in [3.05, 3.63) is 35.9 Å². The Bertz CT molecular complexity index is 451. The number of nitrogens with zero attached hydrogens (tertiary/aromatic N) is 1. The molecular weight excluding hydrogens is 296 g/mol. The van der Waals surface area contributed by atoms with Gasteiger partial charge in [-0.25, -0.2) is 0 Å². The first-order chi connectivity index (χ1) is 10.3. The topological polar surface area (TPSA) is 32.3 Å². The number of carbonyl (C=O) groups is 1. The standard InChI is InChI=1S/C18H26N2O.ClH/c21-18(9-8-15-5-2-1-3-6-15)20-13-10-16(11-14-20)17-7-4-12-19-17;/h1-3,5-6,16-17,19H,4,7-14H2;1H. The molecule has 0 spiro atoms. The lowest BCUT2D eigenvalue weighted by atomic mass is 9.88. The maximum atomic E-state index is 12.3. The Kier molecular flexibility index (Phi) is 6.71. The van der Waals surface area contributed by atoms with E-state index in [1.165, 1.54) is 37.8 Å². The number of likely N-dealkylation sites (tertiary alicyclic amines) is 1. The maximum Gasteiger partial charge on any atom is 0.222 e. The fourth-order valence-electron chi connectivity index (χ4n) is 3.72. The number of hydrogen-bond donors (Lipinski definition) is 1. The second-order valence-electron chi connectivity index (χ2n) is 6.41. The van der Waals surface area contributed by atoms with Crippen molar-refractivity contribution < 1.29 is 4.79 Å². The van der Waals surface area contributed by atoms with Crippen molar-refractivity contribution >= 4 is 18.3 Å². The summed E-state index contributed by atoms with van der Waals surface area (Å²) >= 11 is 0. The third-order valence-corrected chi connectivity index (χ3v) is 5.03. The van der Waals surface area contributed by atoms with Gasteiger partial charge in [0, 0.05) is 25.6 Å². The molecule has 1 N–H and O–H groups in total. The molecular formula is C18H27ClN2O. The second kappa shape index (κ2) is 8.54. The van der Waals surface area contributed by atoms with Gasteiger partial charge in [-0.1, -0.05) is 30.3 Å². The Balaban J connectivity index is 0.00000176. The van der Waals surface area contributed by atoms with Crippen LogP contribution in [0.4, 0.5) is 0 Å². The molecule has 0 aliphatic carbocycles. The van der Waals surface area contributed by atoms with Crippen LogP contribution in [0.25, 0.3) is 0 Å². The van der Waals surface area contributed by atoms with Crippen LogP contribution in [0, 0.1) is 5.92 Å². The normalized spacial score (nSPS) is 22.4. The average Bonchev–Trinajstić information content (AvgIpc) is 3.08. The molecule has 3 rings (SSSR count). The second-order valence-corrected chi connectivity index (χ2v) is 6.41. The van der Waals surface area contributed by atoms with Gasteiger partial charge in [-0.3, -0.25) is 4.79 Å². The Morgan fingerprint density at radius 3 is 2.50 bits per heavy atom. The highest BCUT2D eigenvalue weighted by Crippen LogP contribution is 2.25. The van der Waals surface area contributed by atoms with Gasteiger partial charge < -0.3 is 10.2 Å². The van der Waals surface area contributed by atoms with Crippen LogP contribution in [0.1, 0.15) is 37.7 Å². The summed E-state index contributed by atoms with van der Waals surface area (Å²) in [5, 5.41) is 3.61. The van der Waals surface area contributed by atoms with Crippen LogP contribution in [-0.2, 0) is 11.2 Å². The molecule has 2 aliphatic rings. The molecule has 4 heteroatoms. The minimum absolute atomic E-state index is 0. The predicted molar refractivity (Wildman–Crippen MR) is 92.3 cm³/mol. The first-order valence-corrected chi connectivity index (χ1v) is 8.38. The molecule has 122 valence electrons. The summed E-state index contributed by atoms with van der Waals surface area (Å²) in [6.07, 6.45) is 6.51. The van der Waals surface area contributed by atoms with E-state index < -0.39 is 0 Å². The van der Waals surface area contributed by atoms with E-state index >= 15 is 0 Å². The lowest BCUT2D eigenvalue weighted by Crippen LogP contribution is -2.43. The van der Waals surface area contributed by atoms with Crippen molar-refractivity contribution in [2.45, 2.75) is 44.6 Å². The highest BCUT2D eigenvalue weighted by Gasteiger charge is 2.29. The molecule has 1 atom stereocenters. The number of halogens is 1. The highest BCUT2D eigenvalue weighted by molar-refractivity contribution is 5.85. The molecule has 1 aromatic carbocycles. The van der Waals surface area contributed by atoms with Gasteiger partial charge in [-0.2, -0.15) is 0 Å². The Hall–Kier alpha value is -1.06. The van der Waals surface area contributed by atoms with E-state index in [1.54, 1.807) is 0 Å². The van der Waals surface area contributed by atoms with Gasteiger partial charge >= 0.3 is 0 Å². The number of aryl methyl sites for hydroxylation is 1. The zero-order valence-electron chi connectivity index (χ0n) is 13.2. The lowest BCUT2D eigenvalue weighted by Gasteiger charge is -2.35. The fraction of sp³-hybridized carbons (Fsp3) is 0.611. The summed E-state index contributed by atoms with van der Waals surface area (Å²) in [7, 11) is 0. The number of hydrogen-bond acceptors (Lipinski definition) is 2. The number of rotatable bonds is 4. The van der Waals surface area contributed by atoms with Crippen LogP contribution >= 0.6 is 12.4 Å². The molecule has 1 unspecified atom stereocenters. The molecule has 22 heavy (non-hydrogen) atoms. The third kappa shape index (κ3) is 4.47. The van der Waals surface area contributed by atoms with Crippen molar-refractivity contribution in [1.29, 1.82) is 0 Å². The van der Waals surface area contributed by atoms with E-state index in [0.29, 0.717) is 18.4 Å². The summed E-state index contributed by atoms with van der Waals surface area (Å²) in [6, 6.07) is 11.0. The Morgan fingerprint density at radius 2 is 1.86 bits per heavy atom. The molecule has 2 fully saturated rings. The van der Waals surface area contributed by atoms with E-state index in [2.05, 4.69) is 22.3 Å². The fourth-order valence-corrected chi connectivity index (χ4v) is 3.72. The molecule has 0 radical (unpaired) electrons. The zero-order valence-corrected chi connectivity index (χ0v) is 14.0. The van der Waals surface area contributed by atoms with Crippen molar-refractivity contribution in [3.63, 3.8) is 0 Å². The van der Waals surface area contributed by atoms with Gasteiger partial charge in [0.2, 0.25) is 5.91 Å². The largest absolute Gasteiger partial charge is 0.343 e. The van der Waals surface area contributed by atoms with Crippen LogP contribution in [0.3, 0.4) is 0 Å². The number of amides is 1. The Labute approximate surface area is 139 Å². The van der Waals surface area contributed by atoms with Crippen LogP contribution in [0.15, 0.2) is 30.3 Å². The zero-order chi connectivity index (χ0) is 14.5. The number of piperidine rings is 1. The first kappa shape index (κ1) is 17.3. The maximum absolute atomic E-state index is 12.3. The number of benzene rings is 1. The Morgan fingerprint density at radius 1 is 1.14 bits per heavy atom. The van der Waals surface area contributed by atoms with Crippen LogP contribution in [-0.4, -0.2) is 36.5 Å². The third-order valence-electron chi connectivity index (χ3n) is 5.03. The summed E-state index contributed by atoms with van der Waals surface area (Å²) in [5.41, 5.74) is 1.26. The van der Waals surface area contributed by atoms with Gasteiger partial charge in [-0.15, -0.1) is 12.4 Å². The molecule has 0 aromatic heterocycles. The predicted octanol–water partition coefficient (Wildman–Crippen LogP) is 3.03. The smallest absolute Gasteiger partial charge is 0.222 e. The number of nitrogens with one attached hydrogen (secondary N) is 1. The molecule has 3 nitrogen and oxygen atoms in total. The summed E-state index contributed by atoms with van der Waals surface area (Å²) < 4.78 is 0. The van der Waals surface area contributed by atoms with Gasteiger partial charge in [0.15, 0.2) is 0 Å². The minimum atomic E-state index is 0. The SMILES string of the molecule is Cl.O=C(CCc1ccccc1)N1CCC(C2CCCN2)CC1. The quantitative estimate of drug-likeness (QED) is 0.924. The highest BCUT2D eigenvalue weighted by atomic mass is 35.5. The van der Waals surface area contributed by atoms with Crippen molar-refractivity contribution in [2.75, 3.05) is 19.6 Å². The van der Waals surface area contributed by atoms with E-state index in [4.69, 9.17) is 0 Å². The molecule has 2 heterocycles. The lowest BCUT2D eigenvalue weighted by molar-refractivity contribution is -0.132. The van der Waals surface area contributed by atoms with E-state index in [1.807, 2.05) is 18.2 Å². The minimum Gasteiger partial charge on any atom is -0.343 e.